The van der Waals surface area contributed by atoms with Crippen molar-refractivity contribution in [2.24, 2.45) is 4.99 Å². The number of likely N-dealkylation sites (N-methyl/N-ethyl adjacent to an activating group) is 1. The Morgan fingerprint density at radius 3 is 2.59 bits per heavy atom. The first-order valence-electron chi connectivity index (χ1n) is 9.54. The molecule has 1 saturated heterocycles. The van der Waals surface area contributed by atoms with E-state index in [0.717, 1.165) is 24.6 Å². The molecule has 1 unspecified atom stereocenters. The third kappa shape index (κ3) is 8.29. The van der Waals surface area contributed by atoms with E-state index >= 15 is 0 Å². The normalized spacial score (nSPS) is 19.3. The molecule has 1 aromatic rings. The molecular weight excluding hydrogens is 471 g/mol. The van der Waals surface area contributed by atoms with Crippen molar-refractivity contribution in [3.8, 4) is 0 Å². The smallest absolute Gasteiger partial charge is 0.244 e. The standard InChI is InChI=1S/C20H32N4OS.HI/c1-4-21-19(23-16-20(3)12-9-13-26-20)22-14-18(25)24(5-2)15-17-10-7-6-8-11-17;/h6-8,10-11H,4-5,9,12-16H2,1-3H3,(H2,21,22,23);1H. The maximum Gasteiger partial charge on any atom is 0.244 e. The molecule has 152 valence electrons. The maximum atomic E-state index is 12.6. The van der Waals surface area contributed by atoms with Gasteiger partial charge >= 0.3 is 0 Å². The predicted octanol–water partition coefficient (Wildman–Crippen LogP) is 3.49. The summed E-state index contributed by atoms with van der Waals surface area (Å²) in [7, 11) is 0. The van der Waals surface area contributed by atoms with E-state index in [-0.39, 0.29) is 41.2 Å². The van der Waals surface area contributed by atoms with E-state index in [2.05, 4.69) is 22.5 Å². The number of halogens is 1. The van der Waals surface area contributed by atoms with Crippen LogP contribution >= 0.6 is 35.7 Å². The summed E-state index contributed by atoms with van der Waals surface area (Å²) in [6, 6.07) is 10.1. The monoisotopic (exact) mass is 504 g/mol. The van der Waals surface area contributed by atoms with E-state index in [1.165, 1.54) is 18.6 Å². The third-order valence-corrected chi connectivity index (χ3v) is 6.14. The Balaban J connectivity index is 0.00000364. The molecule has 1 atom stereocenters. The van der Waals surface area contributed by atoms with Gasteiger partial charge in [-0.2, -0.15) is 11.8 Å². The Labute approximate surface area is 185 Å². The van der Waals surface area contributed by atoms with Crippen LogP contribution in [0.15, 0.2) is 35.3 Å². The molecule has 1 heterocycles. The van der Waals surface area contributed by atoms with Crippen LogP contribution in [-0.4, -0.2) is 53.4 Å². The van der Waals surface area contributed by atoms with Crippen LogP contribution in [0.2, 0.25) is 0 Å². The lowest BCUT2D eigenvalue weighted by Gasteiger charge is -2.24. The molecule has 0 spiro atoms. The number of carbonyl (C=O) groups is 1. The number of nitrogens with one attached hydrogen (secondary N) is 2. The second-order valence-electron chi connectivity index (χ2n) is 6.84. The van der Waals surface area contributed by atoms with Crippen molar-refractivity contribution in [1.29, 1.82) is 0 Å². The van der Waals surface area contributed by atoms with E-state index in [9.17, 15) is 4.79 Å². The molecular formula is C20H33IN4OS. The fraction of sp³-hybridized carbons (Fsp3) is 0.600. The first-order valence-corrected chi connectivity index (χ1v) is 10.5. The van der Waals surface area contributed by atoms with Gasteiger partial charge in [0.1, 0.15) is 6.54 Å². The van der Waals surface area contributed by atoms with Crippen molar-refractivity contribution in [3.63, 3.8) is 0 Å². The highest BCUT2D eigenvalue weighted by atomic mass is 127. The lowest BCUT2D eigenvalue weighted by atomic mass is 10.1. The Morgan fingerprint density at radius 1 is 1.26 bits per heavy atom. The Morgan fingerprint density at radius 2 is 2.00 bits per heavy atom. The summed E-state index contributed by atoms with van der Waals surface area (Å²) in [5.74, 6) is 2.01. The lowest BCUT2D eigenvalue weighted by molar-refractivity contribution is -0.130. The zero-order valence-electron chi connectivity index (χ0n) is 16.7. The molecule has 1 aliphatic rings. The van der Waals surface area contributed by atoms with Crippen molar-refractivity contribution in [3.05, 3.63) is 35.9 Å². The number of hydrogen-bond acceptors (Lipinski definition) is 3. The van der Waals surface area contributed by atoms with E-state index in [4.69, 9.17) is 0 Å². The molecule has 1 amide bonds. The summed E-state index contributed by atoms with van der Waals surface area (Å²) in [6.45, 7) is 9.48. The largest absolute Gasteiger partial charge is 0.357 e. The third-order valence-electron chi connectivity index (χ3n) is 4.60. The van der Waals surface area contributed by atoms with Crippen molar-refractivity contribution >= 4 is 47.6 Å². The van der Waals surface area contributed by atoms with Gasteiger partial charge in [-0.05, 0) is 44.9 Å². The summed E-state index contributed by atoms with van der Waals surface area (Å²) in [6.07, 6.45) is 2.50. The fourth-order valence-electron chi connectivity index (χ4n) is 3.02. The van der Waals surface area contributed by atoms with Crippen LogP contribution in [0.3, 0.4) is 0 Å². The Kier molecular flexibility index (Phi) is 11.1. The SMILES string of the molecule is CCNC(=NCC(=O)N(CC)Cc1ccccc1)NCC1(C)CCCS1.I. The highest BCUT2D eigenvalue weighted by Gasteiger charge is 2.29. The molecule has 1 aliphatic heterocycles. The number of thioether (sulfide) groups is 1. The average molecular weight is 504 g/mol. The van der Waals surface area contributed by atoms with Crippen molar-refractivity contribution < 1.29 is 4.79 Å². The number of benzene rings is 1. The molecule has 2 rings (SSSR count). The van der Waals surface area contributed by atoms with Crippen LogP contribution in [0.5, 0.6) is 0 Å². The second kappa shape index (κ2) is 12.5. The predicted molar refractivity (Wildman–Crippen MR) is 127 cm³/mol. The molecule has 0 radical (unpaired) electrons. The number of guanidine groups is 1. The van der Waals surface area contributed by atoms with Gasteiger partial charge in [0, 0.05) is 30.9 Å². The second-order valence-corrected chi connectivity index (χ2v) is 8.53. The average Bonchev–Trinajstić information content (AvgIpc) is 3.09. The molecule has 7 heteroatoms. The molecule has 27 heavy (non-hydrogen) atoms. The van der Waals surface area contributed by atoms with Gasteiger partial charge in [0.05, 0.1) is 0 Å². The van der Waals surface area contributed by atoms with Gasteiger partial charge in [0.25, 0.3) is 0 Å². The number of hydrogen-bond donors (Lipinski definition) is 2. The zero-order chi connectivity index (χ0) is 18.8. The highest BCUT2D eigenvalue weighted by Crippen LogP contribution is 2.36. The Bertz CT molecular complexity index is 591. The number of carbonyl (C=O) groups excluding carboxylic acids is 1. The molecule has 0 aliphatic carbocycles. The van der Waals surface area contributed by atoms with Crippen LogP contribution in [-0.2, 0) is 11.3 Å². The lowest BCUT2D eigenvalue weighted by Crippen LogP contribution is -2.44. The van der Waals surface area contributed by atoms with Gasteiger partial charge in [-0.25, -0.2) is 4.99 Å². The molecule has 5 nitrogen and oxygen atoms in total. The fourth-order valence-corrected chi connectivity index (χ4v) is 4.26. The summed E-state index contributed by atoms with van der Waals surface area (Å²) >= 11 is 2.02. The van der Waals surface area contributed by atoms with E-state index < -0.39 is 0 Å². The Hall–Kier alpha value is -0.960. The van der Waals surface area contributed by atoms with Gasteiger partial charge < -0.3 is 15.5 Å². The number of aliphatic imine (C=N–C) groups is 1. The molecule has 0 saturated carbocycles. The summed E-state index contributed by atoms with van der Waals surface area (Å²) < 4.78 is 0.267. The topological polar surface area (TPSA) is 56.7 Å². The van der Waals surface area contributed by atoms with E-state index in [0.29, 0.717) is 13.1 Å². The van der Waals surface area contributed by atoms with Gasteiger partial charge in [-0.15, -0.1) is 24.0 Å². The highest BCUT2D eigenvalue weighted by molar-refractivity contribution is 14.0. The minimum absolute atomic E-state index is 0. The quantitative estimate of drug-likeness (QED) is 0.324. The van der Waals surface area contributed by atoms with Crippen LogP contribution in [0.1, 0.15) is 39.2 Å². The number of nitrogens with zero attached hydrogens (tertiary/aromatic N) is 2. The molecule has 1 fully saturated rings. The zero-order valence-corrected chi connectivity index (χ0v) is 19.8. The first kappa shape index (κ1) is 24.1. The molecule has 1 aromatic carbocycles. The van der Waals surface area contributed by atoms with E-state index in [1.54, 1.807) is 0 Å². The summed E-state index contributed by atoms with van der Waals surface area (Å²) in [5.41, 5.74) is 1.14. The minimum Gasteiger partial charge on any atom is -0.357 e. The van der Waals surface area contributed by atoms with Crippen molar-refractivity contribution in [2.75, 3.05) is 31.9 Å². The van der Waals surface area contributed by atoms with Gasteiger partial charge in [0.2, 0.25) is 5.91 Å². The van der Waals surface area contributed by atoms with E-state index in [1.807, 2.05) is 60.8 Å². The van der Waals surface area contributed by atoms with Gasteiger partial charge in [-0.1, -0.05) is 30.3 Å². The maximum absolute atomic E-state index is 12.6. The number of rotatable bonds is 8. The molecule has 2 N–H and O–H groups in total. The van der Waals surface area contributed by atoms with Crippen molar-refractivity contribution in [2.45, 2.75) is 44.9 Å². The van der Waals surface area contributed by atoms with Crippen LogP contribution < -0.4 is 10.6 Å². The first-order chi connectivity index (χ1) is 12.6. The number of amides is 1. The molecule has 0 bridgehead atoms. The molecule has 0 aromatic heterocycles. The van der Waals surface area contributed by atoms with Crippen molar-refractivity contribution in [1.82, 2.24) is 15.5 Å². The van der Waals surface area contributed by atoms with Crippen LogP contribution in [0, 0.1) is 0 Å². The van der Waals surface area contributed by atoms with Gasteiger partial charge in [0.15, 0.2) is 5.96 Å². The minimum atomic E-state index is 0. The van der Waals surface area contributed by atoms with Crippen LogP contribution in [0.25, 0.3) is 0 Å². The summed E-state index contributed by atoms with van der Waals surface area (Å²) in [5, 5.41) is 6.66. The van der Waals surface area contributed by atoms with Crippen LogP contribution in [0.4, 0.5) is 0 Å². The van der Waals surface area contributed by atoms with Gasteiger partial charge in [-0.3, -0.25) is 4.79 Å². The summed E-state index contributed by atoms with van der Waals surface area (Å²) in [4.78, 5) is 18.9.